The minimum absolute atomic E-state index is 0.208. The van der Waals surface area contributed by atoms with E-state index in [2.05, 4.69) is 31.2 Å². The van der Waals surface area contributed by atoms with Gasteiger partial charge in [0.05, 0.1) is 12.4 Å². The van der Waals surface area contributed by atoms with Crippen molar-refractivity contribution in [3.63, 3.8) is 0 Å². The molecule has 0 bridgehead atoms. The molecule has 0 saturated heterocycles. The van der Waals surface area contributed by atoms with Crippen LogP contribution < -0.4 is 11.1 Å². The second-order valence-electron chi connectivity index (χ2n) is 3.20. The van der Waals surface area contributed by atoms with Crippen LogP contribution in [0.5, 0.6) is 0 Å². The van der Waals surface area contributed by atoms with Gasteiger partial charge in [-0.3, -0.25) is 0 Å². The monoisotopic (exact) mass is 300 g/mol. The maximum absolute atomic E-state index is 13.5. The van der Waals surface area contributed by atoms with Crippen LogP contribution in [0, 0.1) is 11.6 Å². The second kappa shape index (κ2) is 4.62. The summed E-state index contributed by atoms with van der Waals surface area (Å²) < 4.78 is 27.3. The lowest BCUT2D eigenvalue weighted by atomic mass is 10.3. The highest BCUT2D eigenvalue weighted by Crippen LogP contribution is 2.25. The number of rotatable bonds is 2. The lowest BCUT2D eigenvalue weighted by Crippen LogP contribution is -2.01. The predicted octanol–water partition coefficient (Wildman–Crippen LogP) is 2.84. The van der Waals surface area contributed by atoms with Crippen LogP contribution in [-0.2, 0) is 0 Å². The van der Waals surface area contributed by atoms with Crippen molar-refractivity contribution in [3.8, 4) is 0 Å². The first-order valence-corrected chi connectivity index (χ1v) is 5.34. The molecule has 0 amide bonds. The minimum Gasteiger partial charge on any atom is -0.382 e. The normalized spacial score (nSPS) is 10.3. The van der Waals surface area contributed by atoms with Crippen molar-refractivity contribution in [1.82, 2.24) is 9.97 Å². The van der Waals surface area contributed by atoms with Crippen molar-refractivity contribution in [2.75, 3.05) is 11.1 Å². The van der Waals surface area contributed by atoms with E-state index in [4.69, 9.17) is 5.73 Å². The van der Waals surface area contributed by atoms with Gasteiger partial charge in [0.25, 0.3) is 0 Å². The van der Waals surface area contributed by atoms with Gasteiger partial charge in [-0.05, 0) is 12.1 Å². The van der Waals surface area contributed by atoms with Gasteiger partial charge in [-0.1, -0.05) is 15.9 Å². The number of hydrogen-bond donors (Lipinski definition) is 2. The van der Waals surface area contributed by atoms with Crippen LogP contribution in [0.15, 0.2) is 29.0 Å². The third kappa shape index (κ3) is 2.68. The van der Waals surface area contributed by atoms with Crippen molar-refractivity contribution in [1.29, 1.82) is 0 Å². The third-order valence-electron chi connectivity index (χ3n) is 1.93. The number of nitrogens with one attached hydrogen (secondary N) is 1. The quantitative estimate of drug-likeness (QED) is 0.895. The average Bonchev–Trinajstić information content (AvgIpc) is 2.26. The summed E-state index contributed by atoms with van der Waals surface area (Å²) in [6, 6.07) is 2.30. The van der Waals surface area contributed by atoms with Crippen LogP contribution in [0.1, 0.15) is 0 Å². The summed E-state index contributed by atoms with van der Waals surface area (Å²) in [5, 5.41) is 2.49. The van der Waals surface area contributed by atoms with Crippen molar-refractivity contribution in [3.05, 3.63) is 40.6 Å². The van der Waals surface area contributed by atoms with Crippen molar-refractivity contribution in [2.24, 2.45) is 0 Å². The third-order valence-corrected chi connectivity index (χ3v) is 2.39. The molecule has 0 aliphatic carbocycles. The van der Waals surface area contributed by atoms with E-state index in [1.54, 1.807) is 0 Å². The van der Waals surface area contributed by atoms with Crippen LogP contribution in [0.25, 0.3) is 0 Å². The van der Waals surface area contributed by atoms with Crippen LogP contribution in [0.3, 0.4) is 0 Å². The summed E-state index contributed by atoms with van der Waals surface area (Å²) in [5.74, 6) is -1.02. The SMILES string of the molecule is Nc1cnc(Nc2c(F)cc(Br)cc2F)cn1. The second-order valence-corrected chi connectivity index (χ2v) is 4.11. The molecule has 3 N–H and O–H groups in total. The first-order valence-electron chi connectivity index (χ1n) is 4.55. The van der Waals surface area contributed by atoms with E-state index < -0.39 is 11.6 Å². The van der Waals surface area contributed by atoms with Crippen molar-refractivity contribution >= 4 is 33.3 Å². The molecule has 1 aromatic carbocycles. The molecule has 1 aromatic heterocycles. The molecule has 88 valence electrons. The maximum Gasteiger partial charge on any atom is 0.150 e. The highest BCUT2D eigenvalue weighted by molar-refractivity contribution is 9.10. The van der Waals surface area contributed by atoms with E-state index >= 15 is 0 Å². The average molecular weight is 301 g/mol. The van der Waals surface area contributed by atoms with E-state index in [-0.39, 0.29) is 17.3 Å². The van der Waals surface area contributed by atoms with Gasteiger partial charge >= 0.3 is 0 Å². The molecule has 17 heavy (non-hydrogen) atoms. The van der Waals surface area contributed by atoms with Crippen LogP contribution in [0.4, 0.5) is 26.1 Å². The fourth-order valence-corrected chi connectivity index (χ4v) is 1.59. The van der Waals surface area contributed by atoms with Gasteiger partial charge in [0.15, 0.2) is 11.6 Å². The number of nitrogen functional groups attached to an aromatic ring is 1. The first-order chi connectivity index (χ1) is 8.06. The fraction of sp³-hybridized carbons (Fsp3) is 0. The van der Waals surface area contributed by atoms with Gasteiger partial charge in [0.2, 0.25) is 0 Å². The van der Waals surface area contributed by atoms with E-state index in [0.29, 0.717) is 4.47 Å². The molecule has 2 aromatic rings. The molecule has 0 atom stereocenters. The summed E-state index contributed by atoms with van der Waals surface area (Å²) >= 11 is 2.99. The van der Waals surface area contributed by atoms with E-state index in [0.717, 1.165) is 12.1 Å². The molecule has 1 heterocycles. The van der Waals surface area contributed by atoms with E-state index in [9.17, 15) is 8.78 Å². The molecule has 0 fully saturated rings. The Morgan fingerprint density at radius 1 is 1.12 bits per heavy atom. The standard InChI is InChI=1S/C10H7BrF2N4/c11-5-1-6(12)10(7(13)2-5)17-9-4-15-8(14)3-16-9/h1-4H,(H2,14,15)(H,16,17). The molecule has 0 aliphatic heterocycles. The molecule has 0 spiro atoms. The smallest absolute Gasteiger partial charge is 0.150 e. The zero-order valence-electron chi connectivity index (χ0n) is 8.42. The fourth-order valence-electron chi connectivity index (χ4n) is 1.19. The Kier molecular flexibility index (Phi) is 3.19. The zero-order chi connectivity index (χ0) is 12.4. The number of nitrogens with two attached hydrogens (primary N) is 1. The number of benzene rings is 1. The molecule has 0 unspecified atom stereocenters. The first kappa shape index (κ1) is 11.7. The van der Waals surface area contributed by atoms with Crippen LogP contribution >= 0.6 is 15.9 Å². The lowest BCUT2D eigenvalue weighted by molar-refractivity contribution is 0.589. The topological polar surface area (TPSA) is 63.8 Å². The van der Waals surface area contributed by atoms with Gasteiger partial charge in [0.1, 0.15) is 17.3 Å². The predicted molar refractivity (Wildman–Crippen MR) is 63.8 cm³/mol. The maximum atomic E-state index is 13.5. The Morgan fingerprint density at radius 2 is 1.76 bits per heavy atom. The highest BCUT2D eigenvalue weighted by Gasteiger charge is 2.11. The minimum atomic E-state index is -0.726. The number of halogens is 3. The van der Waals surface area contributed by atoms with E-state index in [1.165, 1.54) is 12.4 Å². The number of hydrogen-bond acceptors (Lipinski definition) is 4. The molecule has 0 saturated carbocycles. The summed E-state index contributed by atoms with van der Waals surface area (Å²) in [6.07, 6.45) is 2.58. The summed E-state index contributed by atoms with van der Waals surface area (Å²) in [6.45, 7) is 0. The molecule has 7 heteroatoms. The number of aromatic nitrogens is 2. The lowest BCUT2D eigenvalue weighted by Gasteiger charge is -2.08. The summed E-state index contributed by atoms with van der Waals surface area (Å²) in [7, 11) is 0. The Morgan fingerprint density at radius 3 is 2.29 bits per heavy atom. The van der Waals surface area contributed by atoms with Crippen LogP contribution in [0.2, 0.25) is 0 Å². The Labute approximate surface area is 104 Å². The summed E-state index contributed by atoms with van der Waals surface area (Å²) in [5.41, 5.74) is 5.06. The highest BCUT2D eigenvalue weighted by atomic mass is 79.9. The number of nitrogens with zero attached hydrogens (tertiary/aromatic N) is 2. The molecular formula is C10H7BrF2N4. The molecule has 2 rings (SSSR count). The van der Waals surface area contributed by atoms with Crippen molar-refractivity contribution in [2.45, 2.75) is 0 Å². The Balaban J connectivity index is 2.33. The van der Waals surface area contributed by atoms with Gasteiger partial charge in [-0.2, -0.15) is 0 Å². The van der Waals surface area contributed by atoms with Gasteiger partial charge in [-0.15, -0.1) is 0 Å². The zero-order valence-corrected chi connectivity index (χ0v) is 10.0. The van der Waals surface area contributed by atoms with E-state index in [1.807, 2.05) is 0 Å². The molecule has 0 aliphatic rings. The van der Waals surface area contributed by atoms with Gasteiger partial charge < -0.3 is 11.1 Å². The Bertz CT molecular complexity index is 521. The van der Waals surface area contributed by atoms with Crippen LogP contribution in [-0.4, -0.2) is 9.97 Å². The Hall–Kier alpha value is -1.76. The van der Waals surface area contributed by atoms with Gasteiger partial charge in [0, 0.05) is 4.47 Å². The summed E-state index contributed by atoms with van der Waals surface area (Å²) in [4.78, 5) is 7.59. The van der Waals surface area contributed by atoms with Crippen molar-refractivity contribution < 1.29 is 8.78 Å². The molecule has 0 radical (unpaired) electrons. The number of anilines is 3. The molecule has 4 nitrogen and oxygen atoms in total. The van der Waals surface area contributed by atoms with Gasteiger partial charge in [-0.25, -0.2) is 18.7 Å². The molecular weight excluding hydrogens is 294 g/mol. The largest absolute Gasteiger partial charge is 0.382 e.